The van der Waals surface area contributed by atoms with Crippen LogP contribution in [0.15, 0.2) is 18.2 Å². The highest BCUT2D eigenvalue weighted by Crippen LogP contribution is 2.21. The van der Waals surface area contributed by atoms with Crippen molar-refractivity contribution in [3.05, 3.63) is 39.4 Å². The second-order valence-corrected chi connectivity index (χ2v) is 4.40. The maximum Gasteiger partial charge on any atom is 0.272 e. The lowest BCUT2D eigenvalue weighted by Gasteiger charge is -2.12. The van der Waals surface area contributed by atoms with E-state index in [9.17, 15) is 14.9 Å². The first kappa shape index (κ1) is 12.5. The zero-order valence-electron chi connectivity index (χ0n) is 10.1. The number of hydrogen-bond donors (Lipinski definition) is 2. The molecular weight excluding hydrogens is 234 g/mol. The van der Waals surface area contributed by atoms with Gasteiger partial charge in [0.15, 0.2) is 0 Å². The number of rotatable bonds is 4. The standard InChI is InChI=1S/C12H15N3O3/c1-8-9(3-2-4-11(8)15(17)18)6-13-10-5-12(16)14-7-10/h2-4,10,13H,5-7H2,1H3,(H,14,16). The van der Waals surface area contributed by atoms with E-state index in [0.717, 1.165) is 5.56 Å². The molecule has 6 heteroatoms. The van der Waals surface area contributed by atoms with Gasteiger partial charge in [-0.25, -0.2) is 0 Å². The third-order valence-electron chi connectivity index (χ3n) is 3.17. The van der Waals surface area contributed by atoms with Crippen molar-refractivity contribution in [3.8, 4) is 0 Å². The van der Waals surface area contributed by atoms with E-state index in [0.29, 0.717) is 25.1 Å². The number of carbonyl (C=O) groups excluding carboxylic acids is 1. The fourth-order valence-corrected chi connectivity index (χ4v) is 2.06. The van der Waals surface area contributed by atoms with Crippen LogP contribution < -0.4 is 10.6 Å². The molecule has 6 nitrogen and oxygen atoms in total. The zero-order valence-corrected chi connectivity index (χ0v) is 10.1. The van der Waals surface area contributed by atoms with Crippen molar-refractivity contribution in [2.45, 2.75) is 25.9 Å². The number of nitrogens with zero attached hydrogens (tertiary/aromatic N) is 1. The Hall–Kier alpha value is -1.95. The highest BCUT2D eigenvalue weighted by atomic mass is 16.6. The fraction of sp³-hybridized carbons (Fsp3) is 0.417. The Labute approximate surface area is 105 Å². The average Bonchev–Trinajstić information content (AvgIpc) is 2.73. The van der Waals surface area contributed by atoms with E-state index >= 15 is 0 Å². The summed E-state index contributed by atoms with van der Waals surface area (Å²) in [5, 5.41) is 16.8. The van der Waals surface area contributed by atoms with Crippen molar-refractivity contribution in [1.82, 2.24) is 10.6 Å². The Balaban J connectivity index is 2.03. The lowest BCUT2D eigenvalue weighted by atomic mass is 10.1. The van der Waals surface area contributed by atoms with Crippen LogP contribution in [0.5, 0.6) is 0 Å². The average molecular weight is 249 g/mol. The molecule has 0 saturated carbocycles. The molecule has 0 aromatic heterocycles. The molecule has 96 valence electrons. The summed E-state index contributed by atoms with van der Waals surface area (Å²) in [6.07, 6.45) is 0.466. The first-order valence-electron chi connectivity index (χ1n) is 5.81. The van der Waals surface area contributed by atoms with Gasteiger partial charge in [-0.2, -0.15) is 0 Å². The molecule has 1 aromatic rings. The molecule has 1 heterocycles. The summed E-state index contributed by atoms with van der Waals surface area (Å²) in [5.74, 6) is 0.0447. The smallest absolute Gasteiger partial charge is 0.272 e. The maximum absolute atomic E-state index is 11.0. The minimum atomic E-state index is -0.376. The van der Waals surface area contributed by atoms with Gasteiger partial charge in [-0.1, -0.05) is 12.1 Å². The van der Waals surface area contributed by atoms with Gasteiger partial charge in [0.05, 0.1) is 4.92 Å². The predicted molar refractivity (Wildman–Crippen MR) is 66.1 cm³/mol. The first-order valence-corrected chi connectivity index (χ1v) is 5.81. The summed E-state index contributed by atoms with van der Waals surface area (Å²) in [6, 6.07) is 5.15. The molecule has 1 unspecified atom stereocenters. The highest BCUT2D eigenvalue weighted by molar-refractivity contribution is 5.78. The number of benzene rings is 1. The Morgan fingerprint density at radius 1 is 1.56 bits per heavy atom. The molecule has 0 aliphatic carbocycles. The molecule has 1 saturated heterocycles. The zero-order chi connectivity index (χ0) is 13.1. The lowest BCUT2D eigenvalue weighted by Crippen LogP contribution is -2.30. The van der Waals surface area contributed by atoms with E-state index in [2.05, 4.69) is 10.6 Å². The third kappa shape index (κ3) is 2.65. The molecule has 1 aliphatic rings. The van der Waals surface area contributed by atoms with Crippen LogP contribution in [-0.4, -0.2) is 23.4 Å². The normalized spacial score (nSPS) is 18.7. The minimum Gasteiger partial charge on any atom is -0.354 e. The molecule has 0 radical (unpaired) electrons. The SMILES string of the molecule is Cc1c(CNC2CNC(=O)C2)cccc1[N+](=O)[O-]. The van der Waals surface area contributed by atoms with Crippen LogP contribution in [0.3, 0.4) is 0 Å². The second-order valence-electron chi connectivity index (χ2n) is 4.40. The molecule has 0 spiro atoms. The number of carbonyl (C=O) groups is 1. The van der Waals surface area contributed by atoms with Crippen LogP contribution in [0.25, 0.3) is 0 Å². The van der Waals surface area contributed by atoms with Gasteiger partial charge in [0.25, 0.3) is 5.69 Å². The highest BCUT2D eigenvalue weighted by Gasteiger charge is 2.21. The van der Waals surface area contributed by atoms with Gasteiger partial charge in [0.1, 0.15) is 0 Å². The van der Waals surface area contributed by atoms with Crippen molar-refractivity contribution < 1.29 is 9.72 Å². The van der Waals surface area contributed by atoms with E-state index < -0.39 is 0 Å². The topological polar surface area (TPSA) is 84.3 Å². The Bertz CT molecular complexity index is 487. The summed E-state index contributed by atoms with van der Waals surface area (Å²) in [7, 11) is 0. The maximum atomic E-state index is 11.0. The first-order chi connectivity index (χ1) is 8.58. The second kappa shape index (κ2) is 5.14. The summed E-state index contributed by atoms with van der Waals surface area (Å²) >= 11 is 0. The van der Waals surface area contributed by atoms with Gasteiger partial charge < -0.3 is 10.6 Å². The van der Waals surface area contributed by atoms with E-state index in [1.54, 1.807) is 13.0 Å². The summed E-state index contributed by atoms with van der Waals surface area (Å²) in [6.45, 7) is 2.90. The van der Waals surface area contributed by atoms with Gasteiger partial charge >= 0.3 is 0 Å². The molecule has 2 rings (SSSR count). The van der Waals surface area contributed by atoms with Gasteiger partial charge in [0, 0.05) is 37.2 Å². The predicted octanol–water partition coefficient (Wildman–Crippen LogP) is 0.881. The molecule has 1 aromatic carbocycles. The van der Waals surface area contributed by atoms with Crippen LogP contribution in [-0.2, 0) is 11.3 Å². The Morgan fingerprint density at radius 2 is 2.33 bits per heavy atom. The molecule has 1 aliphatic heterocycles. The molecule has 0 bridgehead atoms. The molecule has 18 heavy (non-hydrogen) atoms. The van der Waals surface area contributed by atoms with Gasteiger partial charge in [0.2, 0.25) is 5.91 Å². The van der Waals surface area contributed by atoms with Crippen LogP contribution in [0.1, 0.15) is 17.5 Å². The van der Waals surface area contributed by atoms with Crippen molar-refractivity contribution >= 4 is 11.6 Å². The Morgan fingerprint density at radius 3 is 2.94 bits per heavy atom. The van der Waals surface area contributed by atoms with Crippen LogP contribution in [0, 0.1) is 17.0 Å². The van der Waals surface area contributed by atoms with Gasteiger partial charge in [-0.15, -0.1) is 0 Å². The number of nitro benzene ring substituents is 1. The molecule has 1 amide bonds. The Kier molecular flexibility index (Phi) is 3.57. The van der Waals surface area contributed by atoms with Crippen molar-refractivity contribution in [1.29, 1.82) is 0 Å². The number of nitro groups is 1. The number of amides is 1. The molecule has 1 fully saturated rings. The van der Waals surface area contributed by atoms with Crippen LogP contribution in [0.4, 0.5) is 5.69 Å². The van der Waals surface area contributed by atoms with Crippen LogP contribution >= 0.6 is 0 Å². The van der Waals surface area contributed by atoms with E-state index in [4.69, 9.17) is 0 Å². The van der Waals surface area contributed by atoms with Gasteiger partial charge in [-0.3, -0.25) is 14.9 Å². The molecule has 2 N–H and O–H groups in total. The molecular formula is C12H15N3O3. The van der Waals surface area contributed by atoms with Crippen molar-refractivity contribution in [3.63, 3.8) is 0 Å². The number of hydrogen-bond acceptors (Lipinski definition) is 4. The molecule has 1 atom stereocenters. The van der Waals surface area contributed by atoms with E-state index in [1.165, 1.54) is 6.07 Å². The summed E-state index contributed by atoms with van der Waals surface area (Å²) in [5.41, 5.74) is 1.70. The quantitative estimate of drug-likeness (QED) is 0.613. The van der Waals surface area contributed by atoms with Crippen molar-refractivity contribution in [2.75, 3.05) is 6.54 Å². The van der Waals surface area contributed by atoms with E-state index in [1.807, 2.05) is 6.07 Å². The lowest BCUT2D eigenvalue weighted by molar-refractivity contribution is -0.385. The van der Waals surface area contributed by atoms with Crippen LogP contribution in [0.2, 0.25) is 0 Å². The summed E-state index contributed by atoms with van der Waals surface area (Å²) < 4.78 is 0. The summed E-state index contributed by atoms with van der Waals surface area (Å²) in [4.78, 5) is 21.5. The van der Waals surface area contributed by atoms with E-state index in [-0.39, 0.29) is 22.6 Å². The monoisotopic (exact) mass is 249 g/mol. The fourth-order valence-electron chi connectivity index (χ4n) is 2.06. The van der Waals surface area contributed by atoms with Crippen molar-refractivity contribution in [2.24, 2.45) is 0 Å². The minimum absolute atomic E-state index is 0.0447. The van der Waals surface area contributed by atoms with Gasteiger partial charge in [-0.05, 0) is 12.5 Å². The number of nitrogens with one attached hydrogen (secondary N) is 2. The largest absolute Gasteiger partial charge is 0.354 e. The third-order valence-corrected chi connectivity index (χ3v) is 3.17.